The van der Waals surface area contributed by atoms with Crippen LogP contribution >= 0.6 is 11.6 Å². The Balaban J connectivity index is 1.50. The van der Waals surface area contributed by atoms with E-state index < -0.39 is 0 Å². The summed E-state index contributed by atoms with van der Waals surface area (Å²) < 4.78 is 18.4. The first-order valence-electron chi connectivity index (χ1n) is 14.0. The Kier molecular flexibility index (Phi) is 9.15. The Bertz CT molecular complexity index is 1600. The van der Waals surface area contributed by atoms with Gasteiger partial charge in [-0.2, -0.15) is 4.98 Å². The van der Waals surface area contributed by atoms with Crippen LogP contribution in [0, 0.1) is 0 Å². The number of hydrogen-bond donors (Lipinski definition) is 2. The van der Waals surface area contributed by atoms with E-state index in [1.165, 1.54) is 7.11 Å². The SMILES string of the molecule is COc1cc(OC)c(Cl)c(-c2cc3cnc(NCCN4C[C@@H](C)O[C@@H](C)C4)nc3n(CCc3ccc(N)cc3)c2=O)c1. The summed E-state index contributed by atoms with van der Waals surface area (Å²) in [5, 5.41) is 4.37. The number of nitrogens with zero attached hydrogens (tertiary/aromatic N) is 4. The van der Waals surface area contributed by atoms with Gasteiger partial charge in [0.05, 0.1) is 31.5 Å². The number of methoxy groups -OCH3 is 2. The van der Waals surface area contributed by atoms with Crippen molar-refractivity contribution in [1.82, 2.24) is 19.4 Å². The zero-order valence-corrected chi connectivity index (χ0v) is 25.1. The van der Waals surface area contributed by atoms with Crippen molar-refractivity contribution in [3.63, 3.8) is 0 Å². The third-order valence-electron chi connectivity index (χ3n) is 7.40. The number of morpholine rings is 1. The summed E-state index contributed by atoms with van der Waals surface area (Å²) in [4.78, 5) is 25.8. The van der Waals surface area contributed by atoms with Crippen molar-refractivity contribution in [2.75, 3.05) is 51.4 Å². The largest absolute Gasteiger partial charge is 0.497 e. The zero-order valence-electron chi connectivity index (χ0n) is 24.4. The van der Waals surface area contributed by atoms with E-state index in [-0.39, 0.29) is 17.8 Å². The molecule has 11 heteroatoms. The smallest absolute Gasteiger partial charge is 0.260 e. The first-order chi connectivity index (χ1) is 20.2. The predicted molar refractivity (Wildman–Crippen MR) is 167 cm³/mol. The molecule has 42 heavy (non-hydrogen) atoms. The number of ether oxygens (including phenoxy) is 3. The second kappa shape index (κ2) is 13.0. The number of nitrogens with two attached hydrogens (primary N) is 1. The third kappa shape index (κ3) is 6.61. The summed E-state index contributed by atoms with van der Waals surface area (Å²) in [5.41, 5.74) is 8.84. The summed E-state index contributed by atoms with van der Waals surface area (Å²) >= 11 is 6.71. The van der Waals surface area contributed by atoms with E-state index in [1.807, 2.05) is 24.3 Å². The van der Waals surface area contributed by atoms with Crippen molar-refractivity contribution in [3.8, 4) is 22.6 Å². The van der Waals surface area contributed by atoms with Gasteiger partial charge in [-0.25, -0.2) is 4.98 Å². The molecule has 0 aliphatic carbocycles. The standard InChI is InChI=1S/C31H37ClN6O4/c1-19-17-37(18-20(2)42-19)12-10-34-31-35-16-22-13-26(25-14-24(40-3)15-27(41-4)28(25)32)30(39)38(29(22)36-31)11-9-21-5-7-23(33)8-6-21/h5-8,13-16,19-20H,9-12,17-18,33H2,1-4H3,(H,34,35,36)/t19-,20+. The van der Waals surface area contributed by atoms with Gasteiger partial charge < -0.3 is 25.3 Å². The molecule has 3 heterocycles. The second-order valence-corrected chi connectivity index (χ2v) is 11.0. The number of aryl methyl sites for hydroxylation is 2. The fourth-order valence-corrected chi connectivity index (χ4v) is 5.69. The lowest BCUT2D eigenvalue weighted by atomic mass is 10.0. The molecule has 5 rings (SSSR count). The van der Waals surface area contributed by atoms with Crippen LogP contribution in [0.3, 0.4) is 0 Å². The van der Waals surface area contributed by atoms with E-state index in [4.69, 9.17) is 36.5 Å². The van der Waals surface area contributed by atoms with Crippen LogP contribution in [0.1, 0.15) is 19.4 Å². The molecule has 1 aliphatic rings. The quantitative estimate of drug-likeness (QED) is 0.257. The van der Waals surface area contributed by atoms with Crippen LogP contribution in [0.4, 0.5) is 11.6 Å². The highest BCUT2D eigenvalue weighted by Crippen LogP contribution is 2.38. The van der Waals surface area contributed by atoms with Gasteiger partial charge in [0.1, 0.15) is 17.1 Å². The van der Waals surface area contributed by atoms with Crippen molar-refractivity contribution in [2.45, 2.75) is 39.0 Å². The minimum Gasteiger partial charge on any atom is -0.497 e. The van der Waals surface area contributed by atoms with Gasteiger partial charge in [0.2, 0.25) is 5.95 Å². The molecule has 1 aliphatic heterocycles. The van der Waals surface area contributed by atoms with Crippen molar-refractivity contribution in [3.05, 3.63) is 69.6 Å². The van der Waals surface area contributed by atoms with E-state index in [0.29, 0.717) is 69.8 Å². The maximum absolute atomic E-state index is 14.1. The molecule has 0 unspecified atom stereocenters. The van der Waals surface area contributed by atoms with Crippen molar-refractivity contribution in [1.29, 1.82) is 0 Å². The number of halogens is 1. The Morgan fingerprint density at radius 3 is 2.48 bits per heavy atom. The summed E-state index contributed by atoms with van der Waals surface area (Å²) in [5.74, 6) is 1.41. The average Bonchev–Trinajstić information content (AvgIpc) is 2.97. The van der Waals surface area contributed by atoms with Crippen LogP contribution in [0.2, 0.25) is 5.02 Å². The molecule has 1 fully saturated rings. The van der Waals surface area contributed by atoms with Gasteiger partial charge in [0, 0.05) is 67.2 Å². The fourth-order valence-electron chi connectivity index (χ4n) is 5.40. The highest BCUT2D eigenvalue weighted by molar-refractivity contribution is 6.35. The van der Waals surface area contributed by atoms with Crippen molar-refractivity contribution in [2.24, 2.45) is 0 Å². The molecular weight excluding hydrogens is 556 g/mol. The maximum atomic E-state index is 14.1. The summed E-state index contributed by atoms with van der Waals surface area (Å²) in [6.07, 6.45) is 2.74. The van der Waals surface area contributed by atoms with Crippen LogP contribution in [-0.4, -0.2) is 72.0 Å². The first kappa shape index (κ1) is 29.6. The topological polar surface area (TPSA) is 117 Å². The lowest BCUT2D eigenvalue weighted by molar-refractivity contribution is -0.0667. The number of hydrogen-bond acceptors (Lipinski definition) is 9. The van der Waals surface area contributed by atoms with Crippen molar-refractivity contribution >= 4 is 34.3 Å². The Morgan fingerprint density at radius 1 is 1.05 bits per heavy atom. The molecule has 2 aromatic carbocycles. The fraction of sp³-hybridized carbons (Fsp3) is 0.387. The van der Waals surface area contributed by atoms with Crippen LogP contribution < -0.4 is 26.1 Å². The summed E-state index contributed by atoms with van der Waals surface area (Å²) in [7, 11) is 3.08. The molecule has 222 valence electrons. The maximum Gasteiger partial charge on any atom is 0.260 e. The highest BCUT2D eigenvalue weighted by atomic mass is 35.5. The second-order valence-electron chi connectivity index (χ2n) is 10.6. The normalized spacial score (nSPS) is 17.4. The molecule has 1 saturated heterocycles. The molecular formula is C31H37ClN6O4. The zero-order chi connectivity index (χ0) is 29.8. The van der Waals surface area contributed by atoms with E-state index in [1.54, 1.807) is 36.1 Å². The number of aromatic nitrogens is 3. The number of anilines is 2. The van der Waals surface area contributed by atoms with E-state index in [9.17, 15) is 4.79 Å². The van der Waals surface area contributed by atoms with Crippen molar-refractivity contribution < 1.29 is 14.2 Å². The van der Waals surface area contributed by atoms with Gasteiger partial charge in [0.15, 0.2) is 0 Å². The number of rotatable bonds is 10. The molecule has 0 bridgehead atoms. The van der Waals surface area contributed by atoms with Gasteiger partial charge in [-0.3, -0.25) is 14.3 Å². The van der Waals surface area contributed by atoms with Gasteiger partial charge >= 0.3 is 0 Å². The molecule has 3 N–H and O–H groups in total. The summed E-state index contributed by atoms with van der Waals surface area (Å²) in [6.45, 7) is 7.85. The third-order valence-corrected chi connectivity index (χ3v) is 7.79. The number of nitrogen functional groups attached to an aromatic ring is 1. The molecule has 2 atom stereocenters. The molecule has 0 radical (unpaired) electrons. The van der Waals surface area contributed by atoms with Gasteiger partial charge in [-0.15, -0.1) is 0 Å². The average molecular weight is 593 g/mol. The number of benzene rings is 2. The summed E-state index contributed by atoms with van der Waals surface area (Å²) in [6, 6.07) is 12.8. The first-order valence-corrected chi connectivity index (χ1v) is 14.4. The van der Waals surface area contributed by atoms with Crippen LogP contribution in [0.15, 0.2) is 53.5 Å². The Labute approximate surface area is 250 Å². The molecule has 0 amide bonds. The van der Waals surface area contributed by atoms with E-state index >= 15 is 0 Å². The van der Waals surface area contributed by atoms with Crippen LogP contribution in [0.5, 0.6) is 11.5 Å². The lowest BCUT2D eigenvalue weighted by Crippen LogP contribution is -2.46. The Hall–Kier alpha value is -3.86. The van der Waals surface area contributed by atoms with Gasteiger partial charge in [-0.1, -0.05) is 23.7 Å². The minimum atomic E-state index is -0.226. The van der Waals surface area contributed by atoms with Crippen LogP contribution in [-0.2, 0) is 17.7 Å². The lowest BCUT2D eigenvalue weighted by Gasteiger charge is -2.35. The number of fused-ring (bicyclic) bond motifs is 1. The van der Waals surface area contributed by atoms with Gasteiger partial charge in [0.25, 0.3) is 5.56 Å². The van der Waals surface area contributed by atoms with E-state index in [2.05, 4.69) is 29.0 Å². The van der Waals surface area contributed by atoms with E-state index in [0.717, 1.165) is 25.2 Å². The monoisotopic (exact) mass is 592 g/mol. The van der Waals surface area contributed by atoms with Crippen LogP contribution in [0.25, 0.3) is 22.2 Å². The molecule has 2 aromatic heterocycles. The molecule has 4 aromatic rings. The van der Waals surface area contributed by atoms with Gasteiger partial charge in [-0.05, 0) is 50.1 Å². The minimum absolute atomic E-state index is 0.202. The Morgan fingerprint density at radius 2 is 1.79 bits per heavy atom. The number of nitrogens with one attached hydrogen (secondary N) is 1. The predicted octanol–water partition coefficient (Wildman–Crippen LogP) is 4.48. The highest BCUT2D eigenvalue weighted by Gasteiger charge is 2.22. The molecule has 0 spiro atoms. The molecule has 0 saturated carbocycles. The molecule has 10 nitrogen and oxygen atoms in total. The number of pyridine rings is 1.